The van der Waals surface area contributed by atoms with Crippen molar-refractivity contribution in [3.05, 3.63) is 52.9 Å². The summed E-state index contributed by atoms with van der Waals surface area (Å²) in [5.41, 5.74) is -0.591. The van der Waals surface area contributed by atoms with Gasteiger partial charge >= 0.3 is 0 Å². The molecule has 142 valence electrons. The van der Waals surface area contributed by atoms with Crippen LogP contribution in [0.3, 0.4) is 0 Å². The zero-order chi connectivity index (χ0) is 19.7. The minimum atomic E-state index is -1.59. The highest BCUT2D eigenvalue weighted by Crippen LogP contribution is 2.31. The van der Waals surface area contributed by atoms with Gasteiger partial charge in [-0.25, -0.2) is 17.7 Å². The van der Waals surface area contributed by atoms with E-state index in [1.54, 1.807) is 34.6 Å². The highest BCUT2D eigenvalue weighted by Gasteiger charge is 2.37. The van der Waals surface area contributed by atoms with E-state index in [4.69, 9.17) is 4.52 Å². The van der Waals surface area contributed by atoms with E-state index in [0.29, 0.717) is 5.69 Å². The number of carbonyl (C=O) groups excluding carboxylic acids is 1. The second-order valence-electron chi connectivity index (χ2n) is 7.35. The largest absolute Gasteiger partial charge is 0.364 e. The molecular formula is C18H22F2N2O3S. The van der Waals surface area contributed by atoms with Crippen LogP contribution in [0.4, 0.5) is 8.78 Å². The Hall–Kier alpha value is -1.93. The maximum atomic E-state index is 14.4. The van der Waals surface area contributed by atoms with Gasteiger partial charge in [0.2, 0.25) is 0 Å². The van der Waals surface area contributed by atoms with Crippen LogP contribution in [0.2, 0.25) is 0 Å². The minimum absolute atomic E-state index is 0.0546. The van der Waals surface area contributed by atoms with E-state index in [1.807, 2.05) is 0 Å². The van der Waals surface area contributed by atoms with E-state index in [9.17, 15) is 17.8 Å². The predicted molar refractivity (Wildman–Crippen MR) is 94.9 cm³/mol. The lowest BCUT2D eigenvalue weighted by Crippen LogP contribution is -2.47. The number of hydrogen-bond donors (Lipinski definition) is 1. The van der Waals surface area contributed by atoms with Crippen LogP contribution in [0.1, 0.15) is 55.7 Å². The van der Waals surface area contributed by atoms with Gasteiger partial charge in [-0.1, -0.05) is 11.2 Å². The third-order valence-electron chi connectivity index (χ3n) is 3.96. The van der Waals surface area contributed by atoms with Gasteiger partial charge in [0.05, 0.1) is 32.5 Å². The van der Waals surface area contributed by atoms with Crippen molar-refractivity contribution in [2.24, 2.45) is 0 Å². The fourth-order valence-electron chi connectivity index (χ4n) is 2.46. The SMILES string of the molecule is Cc1nocc1C(=O)C[C@](C)(N[S@@](=O)C(C)(C)C)c1ccc(F)cc1F. The zero-order valence-electron chi connectivity index (χ0n) is 15.4. The molecule has 0 spiro atoms. The molecule has 0 fully saturated rings. The first-order chi connectivity index (χ1) is 11.9. The van der Waals surface area contributed by atoms with E-state index in [0.717, 1.165) is 12.1 Å². The zero-order valence-corrected chi connectivity index (χ0v) is 16.2. The topological polar surface area (TPSA) is 72.2 Å². The Morgan fingerprint density at radius 3 is 2.42 bits per heavy atom. The molecule has 0 bridgehead atoms. The van der Waals surface area contributed by atoms with Gasteiger partial charge in [0.1, 0.15) is 17.9 Å². The number of nitrogens with one attached hydrogen (secondary N) is 1. The van der Waals surface area contributed by atoms with Crippen molar-refractivity contribution in [2.45, 2.75) is 51.3 Å². The Balaban J connectivity index is 2.46. The molecule has 0 aliphatic carbocycles. The highest BCUT2D eigenvalue weighted by atomic mass is 32.2. The molecule has 0 unspecified atom stereocenters. The predicted octanol–water partition coefficient (Wildman–Crippen LogP) is 3.80. The number of aryl methyl sites for hydroxylation is 1. The third kappa shape index (κ3) is 4.42. The first-order valence-corrected chi connectivity index (χ1v) is 9.18. The fraction of sp³-hybridized carbons (Fsp3) is 0.444. The van der Waals surface area contributed by atoms with Crippen LogP contribution >= 0.6 is 0 Å². The summed E-state index contributed by atoms with van der Waals surface area (Å²) in [6.45, 7) is 8.44. The number of aromatic nitrogens is 1. The molecule has 2 rings (SSSR count). The molecule has 0 saturated carbocycles. The molecule has 0 amide bonds. The molecular weight excluding hydrogens is 362 g/mol. The first-order valence-electron chi connectivity index (χ1n) is 8.03. The number of halogens is 2. The van der Waals surface area contributed by atoms with Crippen LogP contribution in [0, 0.1) is 18.6 Å². The lowest BCUT2D eigenvalue weighted by molar-refractivity contribution is 0.0948. The Bertz CT molecular complexity index is 845. The summed E-state index contributed by atoms with van der Waals surface area (Å²) in [4.78, 5) is 12.7. The molecule has 0 saturated heterocycles. The quantitative estimate of drug-likeness (QED) is 0.769. The summed E-state index contributed by atoms with van der Waals surface area (Å²) in [5, 5.41) is 3.67. The Morgan fingerprint density at radius 1 is 1.27 bits per heavy atom. The molecule has 0 aliphatic rings. The van der Waals surface area contributed by atoms with Crippen molar-refractivity contribution in [2.75, 3.05) is 0 Å². The van der Waals surface area contributed by atoms with Gasteiger partial charge in [0, 0.05) is 18.1 Å². The molecule has 26 heavy (non-hydrogen) atoms. The van der Waals surface area contributed by atoms with Crippen LogP contribution in [-0.2, 0) is 16.5 Å². The molecule has 1 heterocycles. The molecule has 8 heteroatoms. The van der Waals surface area contributed by atoms with Crippen molar-refractivity contribution < 1.29 is 22.3 Å². The molecule has 0 radical (unpaired) electrons. The van der Waals surface area contributed by atoms with Crippen molar-refractivity contribution in [1.29, 1.82) is 0 Å². The van der Waals surface area contributed by atoms with Crippen molar-refractivity contribution in [1.82, 2.24) is 9.88 Å². The molecule has 0 aliphatic heterocycles. The number of benzene rings is 1. The summed E-state index contributed by atoms with van der Waals surface area (Å²) in [5.74, 6) is -1.90. The van der Waals surface area contributed by atoms with Gasteiger partial charge in [0.25, 0.3) is 0 Å². The summed E-state index contributed by atoms with van der Waals surface area (Å²) < 4.78 is 47.4. The molecule has 1 aromatic carbocycles. The lowest BCUT2D eigenvalue weighted by atomic mass is 9.86. The number of nitrogens with zero attached hydrogens (tertiary/aromatic N) is 1. The minimum Gasteiger partial charge on any atom is -0.364 e. The van der Waals surface area contributed by atoms with E-state index in [-0.39, 0.29) is 23.3 Å². The van der Waals surface area contributed by atoms with Gasteiger partial charge in [-0.05, 0) is 40.7 Å². The number of hydrogen-bond acceptors (Lipinski definition) is 4. The van der Waals surface area contributed by atoms with Crippen molar-refractivity contribution in [3.63, 3.8) is 0 Å². The molecule has 1 N–H and O–H groups in total. The summed E-state index contributed by atoms with van der Waals surface area (Å²) >= 11 is 0. The molecule has 5 nitrogen and oxygen atoms in total. The lowest BCUT2D eigenvalue weighted by Gasteiger charge is -2.33. The van der Waals surface area contributed by atoms with Gasteiger partial charge in [-0.15, -0.1) is 0 Å². The van der Waals surface area contributed by atoms with Gasteiger partial charge < -0.3 is 4.52 Å². The average molecular weight is 384 g/mol. The number of carbonyl (C=O) groups is 1. The van der Waals surface area contributed by atoms with Crippen molar-refractivity contribution >= 4 is 16.8 Å². The smallest absolute Gasteiger partial charge is 0.170 e. The average Bonchev–Trinajstić information content (AvgIpc) is 2.92. The van der Waals surface area contributed by atoms with Crippen LogP contribution in [0.15, 0.2) is 29.0 Å². The van der Waals surface area contributed by atoms with Gasteiger partial charge in [-0.3, -0.25) is 4.79 Å². The summed E-state index contributed by atoms with van der Waals surface area (Å²) in [6.07, 6.45) is 1.01. The van der Waals surface area contributed by atoms with Crippen LogP contribution in [-0.4, -0.2) is 19.9 Å². The molecule has 1 aromatic heterocycles. The third-order valence-corrected chi connectivity index (χ3v) is 5.71. The summed E-state index contributed by atoms with van der Waals surface area (Å²) in [6, 6.07) is 3.10. The standard InChI is InChI=1S/C18H22F2N2O3S/c1-11-13(10-25-21-11)16(23)9-18(5,22-26(24)17(2,3)4)14-7-6-12(19)8-15(14)20/h6-8,10,22H,9H2,1-5H3/t18-,26-/m0/s1. The molecule has 2 aromatic rings. The Kier molecular flexibility index (Phi) is 5.77. The van der Waals surface area contributed by atoms with Crippen LogP contribution < -0.4 is 4.72 Å². The Labute approximate surface area is 153 Å². The van der Waals surface area contributed by atoms with E-state index in [1.165, 1.54) is 12.3 Å². The second-order valence-corrected chi connectivity index (χ2v) is 9.32. The maximum absolute atomic E-state index is 14.4. The number of ketones is 1. The van der Waals surface area contributed by atoms with Gasteiger partial charge in [-0.2, -0.15) is 0 Å². The van der Waals surface area contributed by atoms with Crippen molar-refractivity contribution in [3.8, 4) is 0 Å². The second kappa shape index (κ2) is 7.36. The number of Topliss-reactive ketones (excluding diaryl/α,β-unsaturated/α-hetero) is 1. The van der Waals surface area contributed by atoms with E-state index < -0.39 is 32.9 Å². The summed E-state index contributed by atoms with van der Waals surface area (Å²) in [7, 11) is -1.59. The monoisotopic (exact) mass is 384 g/mol. The van der Waals surface area contributed by atoms with Crippen LogP contribution in [0.25, 0.3) is 0 Å². The molecule has 2 atom stereocenters. The van der Waals surface area contributed by atoms with E-state index in [2.05, 4.69) is 9.88 Å². The van der Waals surface area contributed by atoms with Gasteiger partial charge in [0.15, 0.2) is 5.78 Å². The maximum Gasteiger partial charge on any atom is 0.170 e. The van der Waals surface area contributed by atoms with Crippen LogP contribution in [0.5, 0.6) is 0 Å². The number of rotatable bonds is 6. The Morgan fingerprint density at radius 2 is 1.92 bits per heavy atom. The first kappa shape index (κ1) is 20.4. The van der Waals surface area contributed by atoms with E-state index >= 15 is 0 Å². The fourth-order valence-corrected chi connectivity index (χ4v) is 3.35. The normalized spacial score (nSPS) is 15.5. The highest BCUT2D eigenvalue weighted by molar-refractivity contribution is 7.84.